The number of hydrogen-bond donors (Lipinski definition) is 2. The molecule has 3 rings (SSSR count). The third-order valence-electron chi connectivity index (χ3n) is 3.78. The quantitative estimate of drug-likeness (QED) is 0.703. The summed E-state index contributed by atoms with van der Waals surface area (Å²) in [5.41, 5.74) is 7.21. The number of ether oxygens (including phenoxy) is 1. The van der Waals surface area contributed by atoms with Gasteiger partial charge < -0.3 is 20.7 Å². The third kappa shape index (κ3) is 3.69. The van der Waals surface area contributed by atoms with Gasteiger partial charge in [-0.05, 0) is 30.3 Å². The van der Waals surface area contributed by atoms with Crippen LogP contribution in [0.5, 0.6) is 5.75 Å². The number of primary amides is 1. The van der Waals surface area contributed by atoms with Crippen molar-refractivity contribution in [3.63, 3.8) is 0 Å². The molecule has 0 bridgehead atoms. The molecule has 0 atom stereocenters. The Balaban J connectivity index is 1.94. The van der Waals surface area contributed by atoms with E-state index in [-0.39, 0.29) is 0 Å². The fourth-order valence-corrected chi connectivity index (χ4v) is 2.41. The molecule has 0 radical (unpaired) electrons. The van der Waals surface area contributed by atoms with E-state index >= 15 is 0 Å². The van der Waals surface area contributed by atoms with Crippen molar-refractivity contribution in [1.29, 1.82) is 0 Å². The lowest BCUT2D eigenvalue weighted by molar-refractivity contribution is 0.100. The smallest absolute Gasteiger partial charge is 0.252 e. The molecule has 1 amide bonds. The summed E-state index contributed by atoms with van der Waals surface area (Å²) in [6.45, 7) is 0. The normalized spacial score (nSPS) is 10.2. The maximum Gasteiger partial charge on any atom is 0.252 e. The van der Waals surface area contributed by atoms with E-state index in [0.717, 1.165) is 11.4 Å². The topological polar surface area (TPSA) is 106 Å². The molecule has 0 spiro atoms. The van der Waals surface area contributed by atoms with Crippen LogP contribution in [0.1, 0.15) is 10.4 Å². The first-order chi connectivity index (χ1) is 12.6. The number of pyridine rings is 1. The number of nitrogens with one attached hydrogen (secondary N) is 1. The maximum atomic E-state index is 11.8. The number of aromatic nitrogens is 3. The highest BCUT2D eigenvalue weighted by Crippen LogP contribution is 2.28. The molecular formula is C18H18N6O2. The second-order valence-corrected chi connectivity index (χ2v) is 5.43. The van der Waals surface area contributed by atoms with Gasteiger partial charge in [0.1, 0.15) is 23.7 Å². The van der Waals surface area contributed by atoms with E-state index < -0.39 is 5.91 Å². The summed E-state index contributed by atoms with van der Waals surface area (Å²) in [4.78, 5) is 25.9. The fraction of sp³-hybridized carbons (Fsp3) is 0.111. The molecule has 2 aromatic heterocycles. The minimum atomic E-state index is -0.565. The predicted octanol–water partition coefficient (Wildman–Crippen LogP) is 2.49. The Bertz CT molecular complexity index is 899. The molecule has 1 aromatic carbocycles. The Kier molecular flexibility index (Phi) is 4.93. The Morgan fingerprint density at radius 2 is 1.96 bits per heavy atom. The highest BCUT2D eigenvalue weighted by atomic mass is 16.5. The van der Waals surface area contributed by atoms with Crippen molar-refractivity contribution in [2.75, 3.05) is 24.4 Å². The van der Waals surface area contributed by atoms with Crippen LogP contribution in [0.4, 0.5) is 23.0 Å². The van der Waals surface area contributed by atoms with Crippen LogP contribution < -0.4 is 20.7 Å². The maximum absolute atomic E-state index is 11.8. The summed E-state index contributed by atoms with van der Waals surface area (Å²) in [5, 5.41) is 3.19. The monoisotopic (exact) mass is 350 g/mol. The summed E-state index contributed by atoms with van der Waals surface area (Å²) in [6.07, 6.45) is 4.51. The second kappa shape index (κ2) is 7.47. The van der Waals surface area contributed by atoms with E-state index in [0.29, 0.717) is 22.9 Å². The van der Waals surface area contributed by atoms with Gasteiger partial charge in [0.15, 0.2) is 0 Å². The van der Waals surface area contributed by atoms with Gasteiger partial charge in [-0.15, -0.1) is 0 Å². The van der Waals surface area contributed by atoms with Crippen molar-refractivity contribution in [3.05, 3.63) is 60.7 Å². The van der Waals surface area contributed by atoms with Gasteiger partial charge in [0.05, 0.1) is 18.4 Å². The van der Waals surface area contributed by atoms with Crippen molar-refractivity contribution < 1.29 is 9.53 Å². The molecule has 2 heterocycles. The van der Waals surface area contributed by atoms with Crippen LogP contribution in [0.3, 0.4) is 0 Å². The molecule has 0 unspecified atom stereocenters. The third-order valence-corrected chi connectivity index (χ3v) is 3.78. The van der Waals surface area contributed by atoms with Gasteiger partial charge in [0, 0.05) is 31.2 Å². The molecule has 0 aliphatic carbocycles. The Morgan fingerprint density at radius 3 is 2.58 bits per heavy atom. The molecule has 3 N–H and O–H groups in total. The predicted molar refractivity (Wildman–Crippen MR) is 99.1 cm³/mol. The van der Waals surface area contributed by atoms with Crippen LogP contribution in [0.15, 0.2) is 55.1 Å². The Labute approximate surface area is 150 Å². The first-order valence-electron chi connectivity index (χ1n) is 7.79. The van der Waals surface area contributed by atoms with E-state index in [1.165, 1.54) is 12.5 Å². The van der Waals surface area contributed by atoms with Gasteiger partial charge >= 0.3 is 0 Å². The lowest BCUT2D eigenvalue weighted by Gasteiger charge is -2.21. The Hall–Kier alpha value is -3.68. The van der Waals surface area contributed by atoms with Gasteiger partial charge in [0.2, 0.25) is 0 Å². The average molecular weight is 350 g/mol. The number of rotatable bonds is 6. The van der Waals surface area contributed by atoms with Crippen LogP contribution in [0.25, 0.3) is 0 Å². The molecule has 0 fully saturated rings. The van der Waals surface area contributed by atoms with E-state index in [1.54, 1.807) is 37.4 Å². The van der Waals surface area contributed by atoms with Gasteiger partial charge in [-0.2, -0.15) is 0 Å². The Morgan fingerprint density at radius 1 is 1.19 bits per heavy atom. The minimum Gasteiger partial charge on any atom is -0.497 e. The van der Waals surface area contributed by atoms with E-state index in [4.69, 9.17) is 10.5 Å². The first kappa shape index (κ1) is 17.2. The number of anilines is 4. The summed E-state index contributed by atoms with van der Waals surface area (Å²) < 4.78 is 5.15. The molecule has 0 aliphatic heterocycles. The number of nitrogens with zero attached hydrogens (tertiary/aromatic N) is 4. The van der Waals surface area contributed by atoms with Crippen LogP contribution in [-0.4, -0.2) is 35.0 Å². The van der Waals surface area contributed by atoms with Crippen LogP contribution in [0, 0.1) is 0 Å². The molecule has 0 aliphatic rings. The van der Waals surface area contributed by atoms with Crippen LogP contribution in [0.2, 0.25) is 0 Å². The molecule has 26 heavy (non-hydrogen) atoms. The first-order valence-corrected chi connectivity index (χ1v) is 7.79. The zero-order valence-electron chi connectivity index (χ0n) is 14.4. The second-order valence-electron chi connectivity index (χ2n) is 5.43. The van der Waals surface area contributed by atoms with E-state index in [2.05, 4.69) is 20.3 Å². The summed E-state index contributed by atoms with van der Waals surface area (Å²) in [7, 11) is 3.41. The number of carbonyl (C=O) groups is 1. The van der Waals surface area contributed by atoms with E-state index in [1.807, 2.05) is 24.3 Å². The standard InChI is InChI=1S/C18H18N6O2/c1-24(17-7-8-20-11-22-17)15-9-16(21-10-14(15)18(19)25)23-12-3-5-13(26-2)6-4-12/h3-11H,1-2H3,(H2,19,25)(H,21,23). The van der Waals surface area contributed by atoms with Crippen LogP contribution >= 0.6 is 0 Å². The lowest BCUT2D eigenvalue weighted by Crippen LogP contribution is -2.20. The highest BCUT2D eigenvalue weighted by Gasteiger charge is 2.16. The molecule has 0 saturated carbocycles. The molecule has 8 nitrogen and oxygen atoms in total. The van der Waals surface area contributed by atoms with Crippen molar-refractivity contribution in [2.24, 2.45) is 5.73 Å². The molecule has 3 aromatic rings. The molecule has 132 valence electrons. The summed E-state index contributed by atoms with van der Waals surface area (Å²) in [5.74, 6) is 1.39. The number of amides is 1. The summed E-state index contributed by atoms with van der Waals surface area (Å²) in [6, 6.07) is 10.9. The van der Waals surface area contributed by atoms with Crippen molar-refractivity contribution in [2.45, 2.75) is 0 Å². The van der Waals surface area contributed by atoms with Crippen molar-refractivity contribution >= 4 is 28.9 Å². The lowest BCUT2D eigenvalue weighted by atomic mass is 10.2. The van der Waals surface area contributed by atoms with Gasteiger partial charge in [-0.25, -0.2) is 15.0 Å². The number of methoxy groups -OCH3 is 1. The fourth-order valence-electron chi connectivity index (χ4n) is 2.41. The summed E-state index contributed by atoms with van der Waals surface area (Å²) >= 11 is 0. The zero-order chi connectivity index (χ0) is 18.5. The van der Waals surface area contributed by atoms with Crippen molar-refractivity contribution in [3.8, 4) is 5.75 Å². The van der Waals surface area contributed by atoms with E-state index in [9.17, 15) is 4.79 Å². The molecule has 8 heteroatoms. The largest absolute Gasteiger partial charge is 0.497 e. The highest BCUT2D eigenvalue weighted by molar-refractivity contribution is 5.99. The van der Waals surface area contributed by atoms with Gasteiger partial charge in [-0.3, -0.25) is 4.79 Å². The zero-order valence-corrected chi connectivity index (χ0v) is 14.4. The number of carbonyl (C=O) groups excluding carboxylic acids is 1. The van der Waals surface area contributed by atoms with Crippen molar-refractivity contribution in [1.82, 2.24) is 15.0 Å². The molecular weight excluding hydrogens is 332 g/mol. The van der Waals surface area contributed by atoms with Gasteiger partial charge in [-0.1, -0.05) is 0 Å². The number of hydrogen-bond acceptors (Lipinski definition) is 7. The van der Waals surface area contributed by atoms with Crippen LogP contribution in [-0.2, 0) is 0 Å². The van der Waals surface area contributed by atoms with Gasteiger partial charge in [0.25, 0.3) is 5.91 Å². The average Bonchev–Trinajstić information content (AvgIpc) is 2.68. The number of nitrogens with two attached hydrogens (primary N) is 1. The number of benzene rings is 1. The SMILES string of the molecule is COc1ccc(Nc2cc(N(C)c3ccncn3)c(C(N)=O)cn2)cc1. The minimum absolute atomic E-state index is 0.298. The molecule has 0 saturated heterocycles.